The van der Waals surface area contributed by atoms with E-state index in [9.17, 15) is 4.79 Å². The molecule has 1 aromatic heterocycles. The van der Waals surface area contributed by atoms with Crippen molar-refractivity contribution in [3.05, 3.63) is 65.5 Å². The number of pyridine rings is 1. The summed E-state index contributed by atoms with van der Waals surface area (Å²) in [6.07, 6.45) is 3.98. The SMILES string of the molecule is CN=C(NCCCC(=O)N1Cc2ccccc2C1)NCCc1ccccn1. The minimum Gasteiger partial charge on any atom is -0.356 e. The Labute approximate surface area is 160 Å². The Bertz CT molecular complexity index is 750. The third-order valence-corrected chi connectivity index (χ3v) is 4.68. The molecule has 0 unspecified atom stereocenters. The molecule has 2 aromatic rings. The molecule has 142 valence electrons. The third-order valence-electron chi connectivity index (χ3n) is 4.68. The van der Waals surface area contributed by atoms with Gasteiger partial charge >= 0.3 is 0 Å². The van der Waals surface area contributed by atoms with E-state index in [1.54, 1.807) is 13.2 Å². The van der Waals surface area contributed by atoms with Gasteiger partial charge in [-0.2, -0.15) is 0 Å². The molecule has 0 atom stereocenters. The molecule has 0 fully saturated rings. The predicted molar refractivity (Wildman–Crippen MR) is 107 cm³/mol. The number of fused-ring (bicyclic) bond motifs is 1. The van der Waals surface area contributed by atoms with Crippen LogP contribution in [0.2, 0.25) is 0 Å². The molecular formula is C21H27N5O. The highest BCUT2D eigenvalue weighted by molar-refractivity contribution is 5.80. The summed E-state index contributed by atoms with van der Waals surface area (Å²) in [5.74, 6) is 0.970. The van der Waals surface area contributed by atoms with Crippen molar-refractivity contribution in [2.45, 2.75) is 32.4 Å². The molecule has 3 rings (SSSR count). The van der Waals surface area contributed by atoms with Crippen molar-refractivity contribution in [2.75, 3.05) is 20.1 Å². The number of guanidine groups is 1. The minimum absolute atomic E-state index is 0.214. The zero-order valence-corrected chi connectivity index (χ0v) is 15.8. The van der Waals surface area contributed by atoms with Gasteiger partial charge in [-0.1, -0.05) is 30.3 Å². The Balaban J connectivity index is 1.31. The van der Waals surface area contributed by atoms with Gasteiger partial charge in [0.2, 0.25) is 5.91 Å². The van der Waals surface area contributed by atoms with Crippen molar-refractivity contribution in [1.82, 2.24) is 20.5 Å². The first-order valence-electron chi connectivity index (χ1n) is 9.45. The molecule has 1 aromatic carbocycles. The second-order valence-corrected chi connectivity index (χ2v) is 6.62. The van der Waals surface area contributed by atoms with Crippen LogP contribution in [0.4, 0.5) is 0 Å². The maximum atomic E-state index is 12.4. The van der Waals surface area contributed by atoms with Crippen LogP contribution in [-0.2, 0) is 24.3 Å². The molecule has 2 N–H and O–H groups in total. The third kappa shape index (κ3) is 5.54. The molecule has 0 aliphatic carbocycles. The number of rotatable bonds is 7. The molecule has 6 heteroatoms. The van der Waals surface area contributed by atoms with E-state index in [0.717, 1.165) is 50.7 Å². The standard InChI is InChI=1S/C21H27N5O/c1-22-21(25-14-11-19-9-4-5-12-23-19)24-13-6-10-20(27)26-15-17-7-2-3-8-18(17)16-26/h2-5,7-9,12H,6,10-11,13-16H2,1H3,(H2,22,24,25). The van der Waals surface area contributed by atoms with Crippen LogP contribution in [0.25, 0.3) is 0 Å². The van der Waals surface area contributed by atoms with E-state index in [4.69, 9.17) is 0 Å². The van der Waals surface area contributed by atoms with Gasteiger partial charge < -0.3 is 15.5 Å². The van der Waals surface area contributed by atoms with Gasteiger partial charge in [-0.25, -0.2) is 0 Å². The first-order valence-corrected chi connectivity index (χ1v) is 9.45. The number of amides is 1. The summed E-state index contributed by atoms with van der Waals surface area (Å²) >= 11 is 0. The highest BCUT2D eigenvalue weighted by atomic mass is 16.2. The lowest BCUT2D eigenvalue weighted by molar-refractivity contribution is -0.131. The number of nitrogens with zero attached hydrogens (tertiary/aromatic N) is 3. The van der Waals surface area contributed by atoms with Gasteiger partial charge in [0.25, 0.3) is 0 Å². The quantitative estimate of drug-likeness (QED) is 0.448. The zero-order chi connectivity index (χ0) is 18.9. The molecule has 0 spiro atoms. The van der Waals surface area contributed by atoms with Crippen LogP contribution in [0.15, 0.2) is 53.7 Å². The van der Waals surface area contributed by atoms with Crippen molar-refractivity contribution < 1.29 is 4.79 Å². The van der Waals surface area contributed by atoms with Crippen molar-refractivity contribution in [2.24, 2.45) is 4.99 Å². The molecule has 2 heterocycles. The Morgan fingerprint density at radius 3 is 2.44 bits per heavy atom. The van der Waals surface area contributed by atoms with E-state index in [1.807, 2.05) is 35.2 Å². The number of carbonyl (C=O) groups excluding carboxylic acids is 1. The van der Waals surface area contributed by atoms with E-state index < -0.39 is 0 Å². The van der Waals surface area contributed by atoms with Gasteiger partial charge in [0.05, 0.1) is 0 Å². The smallest absolute Gasteiger partial charge is 0.223 e. The molecule has 0 bridgehead atoms. The fourth-order valence-electron chi connectivity index (χ4n) is 3.19. The summed E-state index contributed by atoms with van der Waals surface area (Å²) in [5, 5.41) is 6.54. The lowest BCUT2D eigenvalue weighted by Crippen LogP contribution is -2.39. The average molecular weight is 365 g/mol. The Kier molecular flexibility index (Phi) is 6.79. The molecule has 1 aliphatic rings. The number of aromatic nitrogens is 1. The number of hydrogen-bond acceptors (Lipinski definition) is 3. The molecule has 1 amide bonds. The average Bonchev–Trinajstić information content (AvgIpc) is 3.15. The van der Waals surface area contributed by atoms with Gasteiger partial charge in [-0.05, 0) is 29.7 Å². The van der Waals surface area contributed by atoms with Gasteiger partial charge in [0.15, 0.2) is 5.96 Å². The normalized spacial score (nSPS) is 13.4. The number of nitrogens with one attached hydrogen (secondary N) is 2. The monoisotopic (exact) mass is 365 g/mol. The summed E-state index contributed by atoms with van der Waals surface area (Å²) in [5.41, 5.74) is 3.58. The van der Waals surface area contributed by atoms with E-state index >= 15 is 0 Å². The first-order chi connectivity index (χ1) is 13.3. The van der Waals surface area contributed by atoms with Crippen LogP contribution in [0.3, 0.4) is 0 Å². The van der Waals surface area contributed by atoms with E-state index in [1.165, 1.54) is 11.1 Å². The number of benzene rings is 1. The van der Waals surface area contributed by atoms with Crippen molar-refractivity contribution in [1.29, 1.82) is 0 Å². The lowest BCUT2D eigenvalue weighted by Gasteiger charge is -2.16. The molecule has 0 saturated carbocycles. The summed E-state index contributed by atoms with van der Waals surface area (Å²) < 4.78 is 0. The summed E-state index contributed by atoms with van der Waals surface area (Å²) in [6, 6.07) is 14.2. The Morgan fingerprint density at radius 2 is 1.78 bits per heavy atom. The van der Waals surface area contributed by atoms with Gasteiger partial charge in [-0.15, -0.1) is 0 Å². The Morgan fingerprint density at radius 1 is 1.07 bits per heavy atom. The second-order valence-electron chi connectivity index (χ2n) is 6.62. The van der Waals surface area contributed by atoms with Crippen LogP contribution in [0.1, 0.15) is 29.7 Å². The summed E-state index contributed by atoms with van der Waals surface area (Å²) in [7, 11) is 1.75. The highest BCUT2D eigenvalue weighted by Gasteiger charge is 2.22. The van der Waals surface area contributed by atoms with Gasteiger partial charge in [-0.3, -0.25) is 14.8 Å². The van der Waals surface area contributed by atoms with Crippen molar-refractivity contribution >= 4 is 11.9 Å². The van der Waals surface area contributed by atoms with Crippen molar-refractivity contribution in [3.8, 4) is 0 Å². The van der Waals surface area contributed by atoms with Crippen LogP contribution >= 0.6 is 0 Å². The molecule has 0 saturated heterocycles. The summed E-state index contributed by atoms with van der Waals surface area (Å²) in [6.45, 7) is 2.95. The van der Waals surface area contributed by atoms with Crippen LogP contribution < -0.4 is 10.6 Å². The largest absolute Gasteiger partial charge is 0.356 e. The zero-order valence-electron chi connectivity index (χ0n) is 15.8. The summed E-state index contributed by atoms with van der Waals surface area (Å²) in [4.78, 5) is 22.9. The molecule has 6 nitrogen and oxygen atoms in total. The topological polar surface area (TPSA) is 69.6 Å². The number of aliphatic imine (C=N–C) groups is 1. The fourth-order valence-corrected chi connectivity index (χ4v) is 3.19. The fraction of sp³-hybridized carbons (Fsp3) is 0.381. The molecule has 27 heavy (non-hydrogen) atoms. The maximum Gasteiger partial charge on any atom is 0.223 e. The Hall–Kier alpha value is -2.89. The minimum atomic E-state index is 0.214. The van der Waals surface area contributed by atoms with E-state index in [-0.39, 0.29) is 5.91 Å². The van der Waals surface area contributed by atoms with Crippen molar-refractivity contribution in [3.63, 3.8) is 0 Å². The molecule has 0 radical (unpaired) electrons. The predicted octanol–water partition coefficient (Wildman–Crippen LogP) is 2.11. The number of hydrogen-bond donors (Lipinski definition) is 2. The highest BCUT2D eigenvalue weighted by Crippen LogP contribution is 2.22. The van der Waals surface area contributed by atoms with Gasteiger partial charge in [0.1, 0.15) is 0 Å². The second kappa shape index (κ2) is 9.71. The first kappa shape index (κ1) is 18.9. The molecular weight excluding hydrogens is 338 g/mol. The maximum absolute atomic E-state index is 12.4. The van der Waals surface area contributed by atoms with E-state index in [2.05, 4.69) is 32.7 Å². The van der Waals surface area contributed by atoms with Crippen LogP contribution in [-0.4, -0.2) is 41.9 Å². The van der Waals surface area contributed by atoms with Crippen LogP contribution in [0.5, 0.6) is 0 Å². The van der Waals surface area contributed by atoms with Crippen LogP contribution in [0, 0.1) is 0 Å². The van der Waals surface area contributed by atoms with E-state index in [0.29, 0.717) is 6.42 Å². The van der Waals surface area contributed by atoms with Gasteiger partial charge in [0, 0.05) is 58.0 Å². The molecule has 1 aliphatic heterocycles. The lowest BCUT2D eigenvalue weighted by atomic mass is 10.1. The number of carbonyl (C=O) groups is 1.